The summed E-state index contributed by atoms with van der Waals surface area (Å²) in [6, 6.07) is 23.7. The first kappa shape index (κ1) is 30.8. The Morgan fingerprint density at radius 1 is 1.00 bits per heavy atom. The number of anilines is 1. The molecule has 1 unspecified atom stereocenters. The van der Waals surface area contributed by atoms with Crippen LogP contribution in [0.2, 0.25) is 5.02 Å². The van der Waals surface area contributed by atoms with Crippen molar-refractivity contribution >= 4 is 23.2 Å². The molecule has 0 spiro atoms. The predicted molar refractivity (Wildman–Crippen MR) is 162 cm³/mol. The fraction of sp³-hybridized carbons (Fsp3) is 0.344. The number of hydrogen-bond donors (Lipinski definition) is 2. The summed E-state index contributed by atoms with van der Waals surface area (Å²) in [5, 5.41) is 12.2. The molecule has 1 heterocycles. The standard InChI is InChI=1S/C28H30ClN3O2.2C2H6/c1-4-32-25-14-13-23(33-3)16-24(25)28(2,17-20-9-8-12-22(29)15-20)26(32)18-31-19-34-27(30)21-10-6-5-7-11-21;2*1-2/h5-16,18,30-31H,4,17,19H2,1-3H3;2*1-2H3/b26-18-,30-27?;;. The fourth-order valence-corrected chi connectivity index (χ4v) is 4.84. The van der Waals surface area contributed by atoms with Gasteiger partial charge in [0.2, 0.25) is 5.90 Å². The Hall–Kier alpha value is -3.44. The van der Waals surface area contributed by atoms with Crippen LogP contribution in [0.5, 0.6) is 5.75 Å². The van der Waals surface area contributed by atoms with E-state index >= 15 is 0 Å². The second-order valence-corrected chi connectivity index (χ2v) is 8.92. The molecule has 3 aromatic rings. The summed E-state index contributed by atoms with van der Waals surface area (Å²) in [7, 11) is 1.69. The topological polar surface area (TPSA) is 57.6 Å². The number of halogens is 1. The molecule has 0 amide bonds. The first-order chi connectivity index (χ1) is 18.5. The minimum Gasteiger partial charge on any atom is -0.497 e. The summed E-state index contributed by atoms with van der Waals surface area (Å²) in [5.41, 5.74) is 5.10. The third-order valence-electron chi connectivity index (χ3n) is 6.28. The summed E-state index contributed by atoms with van der Waals surface area (Å²) in [5.74, 6) is 0.973. The van der Waals surface area contributed by atoms with E-state index < -0.39 is 0 Å². The van der Waals surface area contributed by atoms with E-state index in [0.29, 0.717) is 0 Å². The van der Waals surface area contributed by atoms with Gasteiger partial charge in [0.1, 0.15) is 5.75 Å². The molecular formula is C32H42ClN3O2. The highest BCUT2D eigenvalue weighted by Crippen LogP contribution is 2.50. The Labute approximate surface area is 233 Å². The van der Waals surface area contributed by atoms with Gasteiger partial charge < -0.3 is 19.7 Å². The van der Waals surface area contributed by atoms with Crippen molar-refractivity contribution in [3.05, 3.63) is 106 Å². The molecule has 0 aromatic heterocycles. The van der Waals surface area contributed by atoms with Gasteiger partial charge in [-0.15, -0.1) is 0 Å². The van der Waals surface area contributed by atoms with E-state index in [4.69, 9.17) is 26.5 Å². The third-order valence-corrected chi connectivity index (χ3v) is 6.52. The summed E-state index contributed by atoms with van der Waals surface area (Å²) >= 11 is 6.30. The molecule has 6 heteroatoms. The zero-order chi connectivity index (χ0) is 28.1. The number of ether oxygens (including phenoxy) is 2. The molecule has 1 aliphatic rings. The Morgan fingerprint density at radius 3 is 2.34 bits per heavy atom. The van der Waals surface area contributed by atoms with Crippen LogP contribution < -0.4 is 15.0 Å². The molecule has 0 radical (unpaired) electrons. The van der Waals surface area contributed by atoms with Gasteiger partial charge in [0, 0.05) is 40.1 Å². The molecule has 0 saturated carbocycles. The van der Waals surface area contributed by atoms with Crippen molar-refractivity contribution < 1.29 is 9.47 Å². The van der Waals surface area contributed by atoms with E-state index in [1.807, 2.05) is 88.5 Å². The van der Waals surface area contributed by atoms with Gasteiger partial charge in [0.05, 0.1) is 7.11 Å². The van der Waals surface area contributed by atoms with Crippen molar-refractivity contribution in [1.29, 1.82) is 5.41 Å². The molecule has 0 saturated heterocycles. The minimum atomic E-state index is -0.315. The van der Waals surface area contributed by atoms with Crippen LogP contribution in [0.4, 0.5) is 5.69 Å². The molecule has 1 atom stereocenters. The van der Waals surface area contributed by atoms with Gasteiger partial charge in [0.25, 0.3) is 0 Å². The largest absolute Gasteiger partial charge is 0.497 e. The number of hydrogen-bond acceptors (Lipinski definition) is 5. The molecule has 4 rings (SSSR count). The first-order valence-electron chi connectivity index (χ1n) is 13.4. The highest BCUT2D eigenvalue weighted by atomic mass is 35.5. The summed E-state index contributed by atoms with van der Waals surface area (Å²) in [4.78, 5) is 2.31. The Bertz CT molecular complexity index is 1200. The second-order valence-electron chi connectivity index (χ2n) is 8.48. The van der Waals surface area contributed by atoms with Gasteiger partial charge in [0.15, 0.2) is 6.73 Å². The van der Waals surface area contributed by atoms with E-state index in [1.165, 1.54) is 11.3 Å². The van der Waals surface area contributed by atoms with Gasteiger partial charge in [-0.3, -0.25) is 5.41 Å². The average molecular weight is 536 g/mol. The van der Waals surface area contributed by atoms with Crippen LogP contribution >= 0.6 is 11.6 Å². The first-order valence-corrected chi connectivity index (χ1v) is 13.8. The minimum absolute atomic E-state index is 0.139. The molecular weight excluding hydrogens is 494 g/mol. The maximum absolute atomic E-state index is 8.17. The van der Waals surface area contributed by atoms with Crippen LogP contribution in [-0.4, -0.2) is 26.3 Å². The van der Waals surface area contributed by atoms with E-state index in [0.717, 1.165) is 40.6 Å². The molecule has 3 aromatic carbocycles. The Balaban J connectivity index is 0.00000121. The zero-order valence-corrected chi connectivity index (χ0v) is 24.5. The third kappa shape index (κ3) is 7.11. The number of nitrogens with one attached hydrogen (secondary N) is 2. The van der Waals surface area contributed by atoms with Crippen molar-refractivity contribution in [2.75, 3.05) is 25.3 Å². The van der Waals surface area contributed by atoms with Crippen molar-refractivity contribution in [2.24, 2.45) is 0 Å². The highest BCUT2D eigenvalue weighted by Gasteiger charge is 2.43. The SMILES string of the molecule is CC.CC.CCN1/C(=C\NCOC(=N)c2ccccc2)C(C)(Cc2cccc(Cl)c2)c2cc(OC)ccc21. The summed E-state index contributed by atoms with van der Waals surface area (Å²) < 4.78 is 11.2. The molecule has 0 fully saturated rings. The Morgan fingerprint density at radius 2 is 1.71 bits per heavy atom. The van der Waals surface area contributed by atoms with E-state index in [2.05, 4.69) is 42.3 Å². The zero-order valence-electron chi connectivity index (χ0n) is 23.8. The van der Waals surface area contributed by atoms with Crippen LogP contribution in [-0.2, 0) is 16.6 Å². The molecule has 0 aliphatic carbocycles. The number of nitrogens with zero attached hydrogens (tertiary/aromatic N) is 1. The number of benzene rings is 3. The maximum atomic E-state index is 8.17. The summed E-state index contributed by atoms with van der Waals surface area (Å²) in [6.45, 7) is 13.4. The number of rotatable bonds is 8. The fourth-order valence-electron chi connectivity index (χ4n) is 4.63. The van der Waals surface area contributed by atoms with Crippen molar-refractivity contribution in [2.45, 2.75) is 53.4 Å². The smallest absolute Gasteiger partial charge is 0.214 e. The predicted octanol–water partition coefficient (Wildman–Crippen LogP) is 8.17. The average Bonchev–Trinajstić information content (AvgIpc) is 3.19. The molecule has 204 valence electrons. The maximum Gasteiger partial charge on any atom is 0.214 e. The van der Waals surface area contributed by atoms with Crippen LogP contribution in [0.3, 0.4) is 0 Å². The van der Waals surface area contributed by atoms with E-state index in [-0.39, 0.29) is 18.0 Å². The lowest BCUT2D eigenvalue weighted by atomic mass is 9.76. The van der Waals surface area contributed by atoms with Crippen molar-refractivity contribution in [3.63, 3.8) is 0 Å². The van der Waals surface area contributed by atoms with Crippen LogP contribution in [0, 0.1) is 5.41 Å². The summed E-state index contributed by atoms with van der Waals surface area (Å²) in [6.07, 6.45) is 2.79. The van der Waals surface area contributed by atoms with Gasteiger partial charge in [-0.2, -0.15) is 0 Å². The molecule has 1 aliphatic heterocycles. The van der Waals surface area contributed by atoms with E-state index in [1.54, 1.807) is 7.11 Å². The highest BCUT2D eigenvalue weighted by molar-refractivity contribution is 6.30. The normalized spacial score (nSPS) is 16.4. The quantitative estimate of drug-likeness (QED) is 0.132. The number of methoxy groups -OCH3 is 1. The monoisotopic (exact) mass is 535 g/mol. The van der Waals surface area contributed by atoms with Crippen molar-refractivity contribution in [1.82, 2.24) is 5.32 Å². The molecule has 5 nitrogen and oxygen atoms in total. The number of likely N-dealkylation sites (N-methyl/N-ethyl adjacent to an activating group) is 1. The van der Waals surface area contributed by atoms with Gasteiger partial charge >= 0.3 is 0 Å². The van der Waals surface area contributed by atoms with E-state index in [9.17, 15) is 0 Å². The molecule has 2 N–H and O–H groups in total. The van der Waals surface area contributed by atoms with Gasteiger partial charge in [-0.05, 0) is 73.9 Å². The molecule has 38 heavy (non-hydrogen) atoms. The van der Waals surface area contributed by atoms with Crippen LogP contribution in [0.1, 0.15) is 58.2 Å². The number of allylic oxidation sites excluding steroid dienone is 1. The number of fused-ring (bicyclic) bond motifs is 1. The van der Waals surface area contributed by atoms with Crippen LogP contribution in [0.25, 0.3) is 0 Å². The second kappa shape index (κ2) is 15.1. The Kier molecular flexibility index (Phi) is 12.2. The van der Waals surface area contributed by atoms with Crippen LogP contribution in [0.15, 0.2) is 84.7 Å². The lowest BCUT2D eigenvalue weighted by Gasteiger charge is -2.30. The van der Waals surface area contributed by atoms with Gasteiger partial charge in [-0.25, -0.2) is 0 Å². The van der Waals surface area contributed by atoms with Gasteiger partial charge in [-0.1, -0.05) is 69.6 Å². The lowest BCUT2D eigenvalue weighted by Crippen LogP contribution is -2.32. The lowest BCUT2D eigenvalue weighted by molar-refractivity contribution is 0.287. The molecule has 0 bridgehead atoms. The van der Waals surface area contributed by atoms with Crippen molar-refractivity contribution in [3.8, 4) is 5.75 Å².